The van der Waals surface area contributed by atoms with Gasteiger partial charge in [0.05, 0.1) is 19.3 Å². The molecule has 0 bridgehead atoms. The van der Waals surface area contributed by atoms with Gasteiger partial charge in [0.2, 0.25) is 5.89 Å². The van der Waals surface area contributed by atoms with E-state index in [-0.39, 0.29) is 17.0 Å². The number of aromatic nitrogens is 2. The molecule has 0 radical (unpaired) electrons. The summed E-state index contributed by atoms with van der Waals surface area (Å²) in [4.78, 5) is 4.48. The van der Waals surface area contributed by atoms with Crippen molar-refractivity contribution < 1.29 is 30.7 Å². The van der Waals surface area contributed by atoms with Gasteiger partial charge in [-0.1, -0.05) is 6.92 Å². The summed E-state index contributed by atoms with van der Waals surface area (Å²) in [6.45, 7) is 5.40. The fourth-order valence-corrected chi connectivity index (χ4v) is 3.61. The van der Waals surface area contributed by atoms with Crippen molar-refractivity contribution in [3.8, 4) is 28.5 Å². The molecular weight excluding hydrogens is 476 g/mol. The van der Waals surface area contributed by atoms with Crippen molar-refractivity contribution in [3.05, 3.63) is 54.5 Å². The van der Waals surface area contributed by atoms with Gasteiger partial charge in [-0.05, 0) is 55.2 Å². The maximum absolute atomic E-state index is 6.04. The molecule has 0 unspecified atom stereocenters. The van der Waals surface area contributed by atoms with Gasteiger partial charge in [-0.3, -0.25) is 0 Å². The zero-order chi connectivity index (χ0) is 20.8. The minimum Gasteiger partial charge on any atom is -1.00 e. The number of ether oxygens (including phenoxy) is 1. The molecule has 0 fully saturated rings. The highest BCUT2D eigenvalue weighted by atomic mass is 79.9. The predicted octanol–water partition coefficient (Wildman–Crippen LogP) is 0.499. The van der Waals surface area contributed by atoms with Gasteiger partial charge in [0, 0.05) is 29.8 Å². The number of hydrogen-bond donors (Lipinski definition) is 2. The molecule has 4 rings (SSSR count). The van der Waals surface area contributed by atoms with Crippen molar-refractivity contribution >= 4 is 17.3 Å². The van der Waals surface area contributed by atoms with Gasteiger partial charge in [0.25, 0.3) is 0 Å². The lowest BCUT2D eigenvalue weighted by Gasteiger charge is -2.17. The molecule has 2 N–H and O–H groups in total. The Balaban J connectivity index is 0.00000272. The van der Waals surface area contributed by atoms with E-state index in [1.165, 1.54) is 5.56 Å². The first kappa shape index (κ1) is 23.2. The molecule has 0 atom stereocenters. The lowest BCUT2D eigenvalue weighted by molar-refractivity contribution is -0.694. The van der Waals surface area contributed by atoms with Crippen molar-refractivity contribution in [1.82, 2.24) is 15.6 Å². The molecule has 0 amide bonds. The van der Waals surface area contributed by atoms with Crippen molar-refractivity contribution in [2.75, 3.05) is 19.7 Å². The van der Waals surface area contributed by atoms with Crippen LogP contribution in [-0.4, -0.2) is 29.8 Å². The highest BCUT2D eigenvalue weighted by molar-refractivity contribution is 7.80. The number of halogens is 1. The number of hydrogen-bond acceptors (Lipinski definition) is 4. The van der Waals surface area contributed by atoms with E-state index in [2.05, 4.69) is 33.2 Å². The summed E-state index contributed by atoms with van der Waals surface area (Å²) in [5.74, 6) is 2.36. The Bertz CT molecular complexity index is 1010. The number of oxazole rings is 1. The molecule has 164 valence electrons. The van der Waals surface area contributed by atoms with Crippen LogP contribution in [-0.2, 0) is 13.0 Å². The van der Waals surface area contributed by atoms with Gasteiger partial charge in [0.15, 0.2) is 29.8 Å². The number of nitrogens with one attached hydrogen (secondary N) is 2. The molecular formula is C23H27BrN4O2S. The van der Waals surface area contributed by atoms with Gasteiger partial charge >= 0.3 is 0 Å². The average Bonchev–Trinajstić information content (AvgIpc) is 3.28. The van der Waals surface area contributed by atoms with Crippen LogP contribution in [0.4, 0.5) is 0 Å². The lowest BCUT2D eigenvalue weighted by Crippen LogP contribution is -3.00. The first-order valence-corrected chi connectivity index (χ1v) is 10.9. The van der Waals surface area contributed by atoms with Crippen LogP contribution in [0.25, 0.3) is 22.8 Å². The lowest BCUT2D eigenvalue weighted by atomic mass is 10.0. The van der Waals surface area contributed by atoms with Gasteiger partial charge in [-0.25, -0.2) is 9.55 Å². The highest BCUT2D eigenvalue weighted by Gasteiger charge is 2.15. The zero-order valence-corrected chi connectivity index (χ0v) is 20.0. The number of benzene rings is 1. The van der Waals surface area contributed by atoms with Crippen LogP contribution in [0.2, 0.25) is 0 Å². The Labute approximate surface area is 198 Å². The van der Waals surface area contributed by atoms with Crippen LogP contribution in [0.15, 0.2) is 53.3 Å². The van der Waals surface area contributed by atoms with E-state index in [0.29, 0.717) is 11.0 Å². The molecule has 1 aliphatic heterocycles. The molecule has 2 aromatic heterocycles. The highest BCUT2D eigenvalue weighted by Crippen LogP contribution is 2.31. The number of nitrogens with zero attached hydrogens (tertiary/aromatic N) is 2. The second-order valence-electron chi connectivity index (χ2n) is 7.31. The second kappa shape index (κ2) is 11.2. The Hall–Kier alpha value is -2.45. The third kappa shape index (κ3) is 6.04. The summed E-state index contributed by atoms with van der Waals surface area (Å²) in [6.07, 6.45) is 9.00. The number of aryl methyl sites for hydroxylation is 1. The van der Waals surface area contributed by atoms with E-state index in [9.17, 15) is 0 Å². The largest absolute Gasteiger partial charge is 1.00 e. The molecule has 0 saturated carbocycles. The molecule has 0 spiro atoms. The van der Waals surface area contributed by atoms with Gasteiger partial charge in [-0.15, -0.1) is 0 Å². The summed E-state index contributed by atoms with van der Waals surface area (Å²) in [6, 6.07) is 10.2. The van der Waals surface area contributed by atoms with E-state index in [1.54, 1.807) is 6.20 Å². The van der Waals surface area contributed by atoms with E-state index in [1.807, 2.05) is 36.7 Å². The van der Waals surface area contributed by atoms with E-state index >= 15 is 0 Å². The standard InChI is InChI=1S/C23H26N4O2S.BrH/c1-2-9-24-23(30)25-10-13-27-11-7-17(8-12-27)21-16-26-22(29-21)19-5-6-20-18(15-19)4-3-14-28-20;/h5-8,11-12,15-16H,2-4,9-10,13-14H2,1H3,(H-,24,25,30);1H. The van der Waals surface area contributed by atoms with E-state index in [4.69, 9.17) is 21.4 Å². The Morgan fingerprint density at radius 3 is 2.74 bits per heavy atom. The maximum atomic E-state index is 6.04. The van der Waals surface area contributed by atoms with Crippen molar-refractivity contribution in [3.63, 3.8) is 0 Å². The predicted molar refractivity (Wildman–Crippen MR) is 120 cm³/mol. The normalized spacial score (nSPS) is 12.3. The maximum Gasteiger partial charge on any atom is 0.226 e. The van der Waals surface area contributed by atoms with Gasteiger partial charge in [0.1, 0.15) is 5.75 Å². The molecule has 3 aromatic rings. The van der Waals surface area contributed by atoms with Crippen LogP contribution in [0.3, 0.4) is 0 Å². The molecule has 8 heteroatoms. The summed E-state index contributed by atoms with van der Waals surface area (Å²) in [5.41, 5.74) is 3.20. The molecule has 1 aliphatic rings. The quantitative estimate of drug-likeness (QED) is 0.362. The number of pyridine rings is 1. The van der Waals surface area contributed by atoms with Crippen LogP contribution < -0.4 is 36.9 Å². The Kier molecular flexibility index (Phi) is 8.43. The number of fused-ring (bicyclic) bond motifs is 1. The summed E-state index contributed by atoms with van der Waals surface area (Å²) >= 11 is 5.24. The molecule has 0 aliphatic carbocycles. The topological polar surface area (TPSA) is 63.2 Å². The zero-order valence-electron chi connectivity index (χ0n) is 17.6. The Morgan fingerprint density at radius 2 is 1.94 bits per heavy atom. The summed E-state index contributed by atoms with van der Waals surface area (Å²) in [7, 11) is 0. The monoisotopic (exact) mass is 502 g/mol. The molecule has 31 heavy (non-hydrogen) atoms. The third-order valence-corrected chi connectivity index (χ3v) is 5.32. The minimum absolute atomic E-state index is 0. The van der Waals surface area contributed by atoms with E-state index in [0.717, 1.165) is 68.1 Å². The number of rotatable bonds is 7. The van der Waals surface area contributed by atoms with Crippen LogP contribution in [0, 0.1) is 0 Å². The molecule has 3 heterocycles. The third-order valence-electron chi connectivity index (χ3n) is 5.03. The molecule has 0 saturated heterocycles. The van der Waals surface area contributed by atoms with Gasteiger partial charge < -0.3 is 36.8 Å². The average molecular weight is 503 g/mol. The number of thiocarbonyl (C=S) groups is 1. The van der Waals surface area contributed by atoms with Gasteiger partial charge in [-0.2, -0.15) is 0 Å². The molecule has 6 nitrogen and oxygen atoms in total. The van der Waals surface area contributed by atoms with Crippen molar-refractivity contribution in [2.24, 2.45) is 0 Å². The fraction of sp³-hybridized carbons (Fsp3) is 0.348. The van der Waals surface area contributed by atoms with E-state index < -0.39 is 0 Å². The van der Waals surface area contributed by atoms with Crippen LogP contribution in [0.1, 0.15) is 25.3 Å². The SMILES string of the molecule is CCCNC(=S)NCC[n+]1ccc(-c2cnc(-c3ccc4c(c3)CCCO4)o2)cc1.[Br-]. The summed E-state index contributed by atoms with van der Waals surface area (Å²) in [5, 5.41) is 7.09. The first-order chi connectivity index (χ1) is 14.7. The smallest absolute Gasteiger partial charge is 0.226 e. The minimum atomic E-state index is 0. The van der Waals surface area contributed by atoms with Crippen LogP contribution in [0.5, 0.6) is 5.75 Å². The fourth-order valence-electron chi connectivity index (χ4n) is 3.40. The Morgan fingerprint density at radius 1 is 1.13 bits per heavy atom. The van der Waals surface area contributed by atoms with Crippen LogP contribution >= 0.6 is 12.2 Å². The summed E-state index contributed by atoms with van der Waals surface area (Å²) < 4.78 is 13.8. The first-order valence-electron chi connectivity index (χ1n) is 10.5. The van der Waals surface area contributed by atoms with Crippen molar-refractivity contribution in [2.45, 2.75) is 32.7 Å². The molecule has 1 aromatic carbocycles. The second-order valence-corrected chi connectivity index (χ2v) is 7.72. The van der Waals surface area contributed by atoms with Crippen molar-refractivity contribution in [1.29, 1.82) is 0 Å².